The summed E-state index contributed by atoms with van der Waals surface area (Å²) in [6, 6.07) is 18.4. The molecule has 0 aromatic heterocycles. The Labute approximate surface area is 143 Å². The molecular weight excluding hydrogens is 304 g/mol. The number of benzene rings is 2. The zero-order valence-electron chi connectivity index (χ0n) is 13.4. The Hall–Kier alpha value is -2.33. The molecule has 0 spiro atoms. The van der Waals surface area contributed by atoms with E-state index in [-0.39, 0.29) is 0 Å². The quantitative estimate of drug-likeness (QED) is 0.618. The van der Waals surface area contributed by atoms with Gasteiger partial charge < -0.3 is 15.0 Å². The van der Waals surface area contributed by atoms with Crippen LogP contribution in [-0.2, 0) is 13.1 Å². The highest BCUT2D eigenvalue weighted by Gasteiger charge is 2.10. The van der Waals surface area contributed by atoms with Crippen LogP contribution in [0.25, 0.3) is 0 Å². The maximum Gasteiger partial charge on any atom is 0.169 e. The summed E-state index contributed by atoms with van der Waals surface area (Å²) in [6.07, 6.45) is 1.81. The third kappa shape index (κ3) is 5.42. The summed E-state index contributed by atoms with van der Waals surface area (Å²) in [6.45, 7) is 5.88. The molecule has 0 amide bonds. The molecule has 120 valence electrons. The van der Waals surface area contributed by atoms with Crippen LogP contribution >= 0.6 is 12.2 Å². The summed E-state index contributed by atoms with van der Waals surface area (Å²) in [5.41, 5.74) is 2.41. The molecule has 0 aliphatic carbocycles. The van der Waals surface area contributed by atoms with Crippen LogP contribution in [0, 0.1) is 0 Å². The van der Waals surface area contributed by atoms with Crippen LogP contribution in [0.1, 0.15) is 11.1 Å². The van der Waals surface area contributed by atoms with Crippen molar-refractivity contribution < 1.29 is 4.74 Å². The Morgan fingerprint density at radius 2 is 1.70 bits per heavy atom. The van der Waals surface area contributed by atoms with Crippen molar-refractivity contribution in [2.45, 2.75) is 13.1 Å². The predicted molar refractivity (Wildman–Crippen MR) is 99.5 cm³/mol. The topological polar surface area (TPSA) is 24.5 Å². The molecule has 0 saturated heterocycles. The van der Waals surface area contributed by atoms with Crippen LogP contribution in [0.15, 0.2) is 67.3 Å². The molecular formula is C19H22N2OS. The highest BCUT2D eigenvalue weighted by atomic mass is 32.1. The van der Waals surface area contributed by atoms with Gasteiger partial charge in [-0.2, -0.15) is 0 Å². The van der Waals surface area contributed by atoms with Gasteiger partial charge >= 0.3 is 0 Å². The summed E-state index contributed by atoms with van der Waals surface area (Å²) in [5.74, 6) is 0.857. The second-order valence-electron chi connectivity index (χ2n) is 5.16. The van der Waals surface area contributed by atoms with E-state index in [1.807, 2.05) is 30.3 Å². The Balaban J connectivity index is 2.11. The lowest BCUT2D eigenvalue weighted by atomic mass is 10.1. The molecule has 4 heteroatoms. The zero-order chi connectivity index (χ0) is 16.5. The molecule has 0 unspecified atom stereocenters. The number of thiocarbonyl (C=S) groups is 1. The van der Waals surface area contributed by atoms with Crippen molar-refractivity contribution in [3.63, 3.8) is 0 Å². The number of hydrogen-bond donors (Lipinski definition) is 1. The molecule has 3 nitrogen and oxygen atoms in total. The van der Waals surface area contributed by atoms with Crippen LogP contribution in [0.2, 0.25) is 0 Å². The predicted octanol–water partition coefficient (Wildman–Crippen LogP) is 3.76. The number of ether oxygens (including phenoxy) is 1. The van der Waals surface area contributed by atoms with Crippen molar-refractivity contribution in [3.05, 3.63) is 78.4 Å². The summed E-state index contributed by atoms with van der Waals surface area (Å²) in [4.78, 5) is 2.15. The van der Waals surface area contributed by atoms with E-state index in [2.05, 4.69) is 41.1 Å². The number of rotatable bonds is 7. The van der Waals surface area contributed by atoms with Gasteiger partial charge in [-0.3, -0.25) is 0 Å². The van der Waals surface area contributed by atoms with E-state index in [0.717, 1.165) is 24.0 Å². The molecule has 0 heterocycles. The fraction of sp³-hybridized carbons (Fsp3) is 0.211. The van der Waals surface area contributed by atoms with Crippen molar-refractivity contribution in [1.29, 1.82) is 0 Å². The summed E-state index contributed by atoms with van der Waals surface area (Å²) < 4.78 is 5.21. The Kier molecular flexibility index (Phi) is 6.63. The van der Waals surface area contributed by atoms with Gasteiger partial charge in [-0.05, 0) is 35.5 Å². The lowest BCUT2D eigenvalue weighted by Crippen LogP contribution is -2.38. The number of methoxy groups -OCH3 is 1. The molecule has 0 radical (unpaired) electrons. The van der Waals surface area contributed by atoms with Crippen LogP contribution in [0.4, 0.5) is 0 Å². The van der Waals surface area contributed by atoms with Crippen molar-refractivity contribution in [1.82, 2.24) is 10.2 Å². The van der Waals surface area contributed by atoms with E-state index >= 15 is 0 Å². The minimum absolute atomic E-state index is 0.659. The van der Waals surface area contributed by atoms with E-state index in [9.17, 15) is 0 Å². The minimum atomic E-state index is 0.659. The van der Waals surface area contributed by atoms with Crippen LogP contribution in [0.3, 0.4) is 0 Å². The Morgan fingerprint density at radius 1 is 1.09 bits per heavy atom. The van der Waals surface area contributed by atoms with Crippen LogP contribution in [0.5, 0.6) is 5.75 Å². The number of nitrogens with zero attached hydrogens (tertiary/aromatic N) is 1. The van der Waals surface area contributed by atoms with Gasteiger partial charge in [-0.25, -0.2) is 0 Å². The molecule has 23 heavy (non-hydrogen) atoms. The molecule has 0 atom stereocenters. The number of nitrogens with one attached hydrogen (secondary N) is 1. The lowest BCUT2D eigenvalue weighted by Gasteiger charge is -2.26. The van der Waals surface area contributed by atoms with Crippen molar-refractivity contribution in [2.75, 3.05) is 13.7 Å². The SMILES string of the molecule is C=CCNC(=S)N(Cc1ccccc1)Cc1ccc(OC)cc1. The van der Waals surface area contributed by atoms with E-state index in [0.29, 0.717) is 6.54 Å². The zero-order valence-corrected chi connectivity index (χ0v) is 14.2. The maximum absolute atomic E-state index is 5.53. The summed E-state index contributed by atoms with van der Waals surface area (Å²) in [7, 11) is 1.67. The van der Waals surface area contributed by atoms with Gasteiger partial charge in [0.15, 0.2) is 5.11 Å². The largest absolute Gasteiger partial charge is 0.497 e. The monoisotopic (exact) mass is 326 g/mol. The van der Waals surface area contributed by atoms with Gasteiger partial charge in [0, 0.05) is 19.6 Å². The first-order valence-corrected chi connectivity index (χ1v) is 7.94. The molecule has 0 saturated carbocycles. The second kappa shape index (κ2) is 8.96. The highest BCUT2D eigenvalue weighted by Crippen LogP contribution is 2.15. The molecule has 0 aliphatic heterocycles. The smallest absolute Gasteiger partial charge is 0.169 e. The standard InChI is InChI=1S/C19H22N2OS/c1-3-13-20-19(23)21(14-16-7-5-4-6-8-16)15-17-9-11-18(22-2)12-10-17/h3-12H,1,13-15H2,2H3,(H,20,23). The molecule has 0 fully saturated rings. The highest BCUT2D eigenvalue weighted by molar-refractivity contribution is 7.80. The average Bonchev–Trinajstić information content (AvgIpc) is 2.60. The summed E-state index contributed by atoms with van der Waals surface area (Å²) in [5, 5.41) is 3.94. The normalized spacial score (nSPS) is 9.96. The summed E-state index contributed by atoms with van der Waals surface area (Å²) >= 11 is 5.53. The maximum atomic E-state index is 5.53. The van der Waals surface area contributed by atoms with Crippen molar-refractivity contribution in [3.8, 4) is 5.75 Å². The first kappa shape index (κ1) is 17.0. The molecule has 1 N–H and O–H groups in total. The van der Waals surface area contributed by atoms with Crippen molar-refractivity contribution >= 4 is 17.3 Å². The van der Waals surface area contributed by atoms with E-state index in [1.165, 1.54) is 11.1 Å². The van der Waals surface area contributed by atoms with Gasteiger partial charge in [-0.15, -0.1) is 6.58 Å². The van der Waals surface area contributed by atoms with Gasteiger partial charge in [-0.1, -0.05) is 48.5 Å². The number of hydrogen-bond acceptors (Lipinski definition) is 2. The van der Waals surface area contributed by atoms with Gasteiger partial charge in [0.05, 0.1) is 7.11 Å². The van der Waals surface area contributed by atoms with E-state index < -0.39 is 0 Å². The Bertz CT molecular complexity index is 626. The third-order valence-corrected chi connectivity index (χ3v) is 3.84. The first-order chi connectivity index (χ1) is 11.2. The molecule has 0 aliphatic rings. The molecule has 2 rings (SSSR count). The van der Waals surface area contributed by atoms with Gasteiger partial charge in [0.25, 0.3) is 0 Å². The van der Waals surface area contributed by atoms with Crippen LogP contribution in [-0.4, -0.2) is 23.7 Å². The molecule has 2 aromatic rings. The fourth-order valence-corrected chi connectivity index (χ4v) is 2.44. The molecule has 0 bridgehead atoms. The third-order valence-electron chi connectivity index (χ3n) is 3.43. The second-order valence-corrected chi connectivity index (χ2v) is 5.55. The van der Waals surface area contributed by atoms with E-state index in [4.69, 9.17) is 17.0 Å². The van der Waals surface area contributed by atoms with Gasteiger partial charge in [0.1, 0.15) is 5.75 Å². The van der Waals surface area contributed by atoms with Gasteiger partial charge in [0.2, 0.25) is 0 Å². The molecule has 2 aromatic carbocycles. The lowest BCUT2D eigenvalue weighted by molar-refractivity contribution is 0.398. The first-order valence-electron chi connectivity index (χ1n) is 7.53. The Morgan fingerprint density at radius 3 is 2.26 bits per heavy atom. The average molecular weight is 326 g/mol. The minimum Gasteiger partial charge on any atom is -0.497 e. The fourth-order valence-electron chi connectivity index (χ4n) is 2.23. The van der Waals surface area contributed by atoms with Crippen molar-refractivity contribution in [2.24, 2.45) is 0 Å². The van der Waals surface area contributed by atoms with E-state index in [1.54, 1.807) is 13.2 Å². The van der Waals surface area contributed by atoms with Crippen LogP contribution < -0.4 is 10.1 Å².